The van der Waals surface area contributed by atoms with Gasteiger partial charge in [0.25, 0.3) is 0 Å². The van der Waals surface area contributed by atoms with Gasteiger partial charge in [0.05, 0.1) is 5.41 Å². The van der Waals surface area contributed by atoms with Crippen LogP contribution in [0.3, 0.4) is 0 Å². The first kappa shape index (κ1) is 31.6. The van der Waals surface area contributed by atoms with E-state index in [-0.39, 0.29) is 23.7 Å². The summed E-state index contributed by atoms with van der Waals surface area (Å²) in [4.78, 5) is 0. The minimum Gasteiger partial charge on any atom is -0.0822 e. The molecule has 1 spiro atoms. The summed E-state index contributed by atoms with van der Waals surface area (Å²) >= 11 is 0. The Kier molecular flexibility index (Phi) is 9.36. The molecule has 0 amide bonds. The molecule has 0 aliphatic heterocycles. The highest BCUT2D eigenvalue weighted by atomic mass is 14.6. The molecule has 1 unspecified atom stereocenters. The van der Waals surface area contributed by atoms with Gasteiger partial charge in [-0.05, 0) is 86.3 Å². The second kappa shape index (κ2) is 11.3. The first-order valence-electron chi connectivity index (χ1n) is 14.5. The van der Waals surface area contributed by atoms with Crippen LogP contribution >= 0.6 is 0 Å². The van der Waals surface area contributed by atoms with E-state index in [1.165, 1.54) is 55.7 Å². The van der Waals surface area contributed by atoms with Crippen LogP contribution in [0.1, 0.15) is 120 Å². The van der Waals surface area contributed by atoms with E-state index in [1.54, 1.807) is 0 Å². The lowest BCUT2D eigenvalue weighted by atomic mass is 9.68. The van der Waals surface area contributed by atoms with Gasteiger partial charge in [-0.25, -0.2) is 0 Å². The predicted molar refractivity (Wildman–Crippen MR) is 172 cm³/mol. The largest absolute Gasteiger partial charge is 0.0822 e. The highest BCUT2D eigenvalue weighted by molar-refractivity contribution is 5.93. The monoisotopic (exact) mass is 510 g/mol. The molecule has 5 rings (SSSR count). The van der Waals surface area contributed by atoms with E-state index in [1.807, 2.05) is 27.7 Å². The van der Waals surface area contributed by atoms with E-state index in [2.05, 4.69) is 123 Å². The van der Waals surface area contributed by atoms with Crippen molar-refractivity contribution in [3.8, 4) is 11.1 Å². The van der Waals surface area contributed by atoms with E-state index in [0.717, 1.165) is 0 Å². The van der Waals surface area contributed by atoms with Crippen molar-refractivity contribution in [1.82, 2.24) is 0 Å². The maximum atomic E-state index is 2.53. The van der Waals surface area contributed by atoms with Crippen molar-refractivity contribution in [3.63, 3.8) is 0 Å². The van der Waals surface area contributed by atoms with E-state index in [0.29, 0.717) is 5.92 Å². The van der Waals surface area contributed by atoms with Crippen molar-refractivity contribution in [2.45, 2.75) is 114 Å². The molecular formula is C38H54. The van der Waals surface area contributed by atoms with Crippen LogP contribution in [-0.4, -0.2) is 0 Å². The summed E-state index contributed by atoms with van der Waals surface area (Å²) in [5.74, 6) is 0.462. The molecule has 2 aromatic rings. The number of fused-ring (bicyclic) bond motifs is 7. The molecule has 0 N–H and O–H groups in total. The second-order valence-corrected chi connectivity index (χ2v) is 12.2. The summed E-state index contributed by atoms with van der Waals surface area (Å²) in [6.07, 6.45) is 9.72. The SMILES string of the molecule is C.C/C=C1/C2=CC(C)C=C2C2(/C1=C/C)c1cc(C(C)(C)C)ccc1-c1ccc(C(C)(C)C)cc12.CC.CC. The highest BCUT2D eigenvalue weighted by Crippen LogP contribution is 2.66. The first-order chi connectivity index (χ1) is 17.4. The average Bonchev–Trinajstić information content (AvgIpc) is 3.47. The minimum atomic E-state index is -0.222. The smallest absolute Gasteiger partial charge is 0.0719 e. The maximum absolute atomic E-state index is 2.53. The molecule has 3 aliphatic rings. The lowest BCUT2D eigenvalue weighted by Crippen LogP contribution is -2.27. The van der Waals surface area contributed by atoms with Gasteiger partial charge in [0, 0.05) is 0 Å². The Balaban J connectivity index is 0.000000969. The van der Waals surface area contributed by atoms with E-state index in [9.17, 15) is 0 Å². The number of hydrogen-bond donors (Lipinski definition) is 0. The quantitative estimate of drug-likeness (QED) is 0.330. The first-order valence-corrected chi connectivity index (χ1v) is 14.5. The number of allylic oxidation sites excluding steroid dienone is 8. The highest BCUT2D eigenvalue weighted by Gasteiger charge is 2.56. The third-order valence-corrected chi connectivity index (χ3v) is 7.98. The van der Waals surface area contributed by atoms with Gasteiger partial charge in [0.2, 0.25) is 0 Å². The standard InChI is InChI=1S/C33H38.2C2H6.CH4/c1-10-23-26-16-20(3)17-28(26)33(27(23)11-2)29-18-21(31(4,5)6)12-14-24(29)25-15-13-22(19-30(25)33)32(7,8)9;2*1-2;/h10-20H,1-9H3;2*1-2H3;1H4/b23-10-,27-11+;;;. The van der Waals surface area contributed by atoms with Gasteiger partial charge in [-0.1, -0.05) is 144 Å². The van der Waals surface area contributed by atoms with Crippen molar-refractivity contribution in [2.75, 3.05) is 0 Å². The molecule has 1 fully saturated rings. The van der Waals surface area contributed by atoms with Crippen molar-refractivity contribution < 1.29 is 0 Å². The van der Waals surface area contributed by atoms with Crippen molar-refractivity contribution >= 4 is 0 Å². The van der Waals surface area contributed by atoms with Gasteiger partial charge < -0.3 is 0 Å². The summed E-state index contributed by atoms with van der Waals surface area (Å²) in [5.41, 5.74) is 14.3. The van der Waals surface area contributed by atoms with Crippen molar-refractivity contribution in [3.05, 3.63) is 105 Å². The van der Waals surface area contributed by atoms with Crippen LogP contribution in [0.4, 0.5) is 0 Å². The molecular weight excluding hydrogens is 456 g/mol. The Morgan fingerprint density at radius 2 is 1.13 bits per heavy atom. The van der Waals surface area contributed by atoms with E-state index < -0.39 is 0 Å². The fourth-order valence-electron chi connectivity index (χ4n) is 6.33. The molecule has 0 heteroatoms. The van der Waals surface area contributed by atoms with E-state index >= 15 is 0 Å². The Morgan fingerprint density at radius 3 is 1.50 bits per heavy atom. The molecule has 2 aromatic carbocycles. The van der Waals surface area contributed by atoms with Crippen LogP contribution < -0.4 is 0 Å². The van der Waals surface area contributed by atoms with Gasteiger partial charge in [0.1, 0.15) is 0 Å². The second-order valence-electron chi connectivity index (χ2n) is 12.2. The van der Waals surface area contributed by atoms with Gasteiger partial charge in [-0.2, -0.15) is 0 Å². The number of hydrogen-bond acceptors (Lipinski definition) is 0. The normalized spacial score (nSPS) is 20.4. The summed E-state index contributed by atoms with van der Waals surface area (Å²) in [5, 5.41) is 0. The summed E-state index contributed by atoms with van der Waals surface area (Å²) in [6, 6.07) is 14.5. The summed E-state index contributed by atoms with van der Waals surface area (Å²) in [6.45, 7) is 28.7. The fraction of sp³-hybridized carbons (Fsp3) is 0.474. The number of benzene rings is 2. The lowest BCUT2D eigenvalue weighted by molar-refractivity contribution is 0.586. The van der Waals surface area contributed by atoms with Crippen LogP contribution in [0.5, 0.6) is 0 Å². The molecule has 0 aromatic heterocycles. The van der Waals surface area contributed by atoms with Crippen LogP contribution in [0.2, 0.25) is 0 Å². The Bertz CT molecular complexity index is 1230. The van der Waals surface area contributed by atoms with Crippen LogP contribution in [0, 0.1) is 5.92 Å². The molecule has 1 saturated carbocycles. The molecule has 0 radical (unpaired) electrons. The third kappa shape index (κ3) is 4.59. The molecule has 0 bridgehead atoms. The van der Waals surface area contributed by atoms with Crippen molar-refractivity contribution in [1.29, 1.82) is 0 Å². The van der Waals surface area contributed by atoms with E-state index in [4.69, 9.17) is 0 Å². The van der Waals surface area contributed by atoms with Gasteiger partial charge in [-0.3, -0.25) is 0 Å². The lowest BCUT2D eigenvalue weighted by Gasteiger charge is -2.33. The van der Waals surface area contributed by atoms with Crippen molar-refractivity contribution in [2.24, 2.45) is 5.92 Å². The average molecular weight is 511 g/mol. The third-order valence-electron chi connectivity index (χ3n) is 7.98. The molecule has 38 heavy (non-hydrogen) atoms. The van der Waals surface area contributed by atoms with Crippen LogP contribution in [0.15, 0.2) is 83.0 Å². The minimum absolute atomic E-state index is 0. The van der Waals surface area contributed by atoms with Crippen LogP contribution in [-0.2, 0) is 16.2 Å². The summed E-state index contributed by atoms with van der Waals surface area (Å²) in [7, 11) is 0. The maximum Gasteiger partial charge on any atom is 0.0719 e. The van der Waals surface area contributed by atoms with Gasteiger partial charge in [-0.15, -0.1) is 0 Å². The molecule has 0 nitrogen and oxygen atoms in total. The zero-order chi connectivity index (χ0) is 27.9. The molecule has 1 atom stereocenters. The van der Waals surface area contributed by atoms with Gasteiger partial charge in [0.15, 0.2) is 0 Å². The molecule has 206 valence electrons. The topological polar surface area (TPSA) is 0 Å². The molecule has 0 saturated heterocycles. The zero-order valence-electron chi connectivity index (χ0n) is 25.9. The Labute approximate surface area is 235 Å². The van der Waals surface area contributed by atoms with Gasteiger partial charge >= 0.3 is 0 Å². The fourth-order valence-corrected chi connectivity index (χ4v) is 6.33. The zero-order valence-corrected chi connectivity index (χ0v) is 25.9. The number of rotatable bonds is 0. The Morgan fingerprint density at radius 1 is 0.684 bits per heavy atom. The molecule has 0 heterocycles. The predicted octanol–water partition coefficient (Wildman–Crippen LogP) is 11.6. The van der Waals surface area contributed by atoms with Crippen LogP contribution in [0.25, 0.3) is 11.1 Å². The summed E-state index contributed by atoms with van der Waals surface area (Å²) < 4.78 is 0. The Hall–Kier alpha value is -2.60. The molecule has 3 aliphatic carbocycles.